The van der Waals surface area contributed by atoms with Crippen LogP contribution in [0.15, 0.2) is 54.6 Å². The molecule has 11 heteroatoms. The summed E-state index contributed by atoms with van der Waals surface area (Å²) in [7, 11) is 0. The van der Waals surface area contributed by atoms with Crippen LogP contribution in [0.2, 0.25) is 0 Å². The van der Waals surface area contributed by atoms with Crippen LogP contribution in [0, 0.1) is 11.8 Å². The summed E-state index contributed by atoms with van der Waals surface area (Å²) in [6, 6.07) is 16.7. The molecule has 216 valence electrons. The first-order chi connectivity index (χ1) is 20.0. The number of unbranched alkanes of at least 4 members (excludes halogenated alkanes) is 3. The van der Waals surface area contributed by atoms with Crippen LogP contribution in [0.4, 0.5) is 0 Å². The molecule has 3 aliphatic heterocycles. The van der Waals surface area contributed by atoms with Gasteiger partial charge < -0.3 is 20.6 Å². The molecule has 3 amide bonds. The zero-order valence-electron chi connectivity index (χ0n) is 22.9. The van der Waals surface area contributed by atoms with Crippen LogP contribution in [-0.4, -0.2) is 71.9 Å². The Morgan fingerprint density at radius 2 is 1.78 bits per heavy atom. The summed E-state index contributed by atoms with van der Waals surface area (Å²) < 4.78 is 1.02. The van der Waals surface area contributed by atoms with Crippen LogP contribution in [-0.2, 0) is 27.6 Å². The molecule has 3 fully saturated rings. The summed E-state index contributed by atoms with van der Waals surface area (Å²) in [5.41, 5.74) is 2.57. The summed E-state index contributed by atoms with van der Waals surface area (Å²) in [6.45, 7) is 1.15. The van der Waals surface area contributed by atoms with Crippen LogP contribution in [0.3, 0.4) is 0 Å². The lowest BCUT2D eigenvalue weighted by Gasteiger charge is -2.34. The molecule has 2 unspecified atom stereocenters. The predicted octanol–water partition coefficient (Wildman–Crippen LogP) is 2.47. The van der Waals surface area contributed by atoms with Crippen molar-refractivity contribution in [3.63, 3.8) is 0 Å². The van der Waals surface area contributed by atoms with Gasteiger partial charge in [-0.25, -0.2) is 4.68 Å². The number of aromatic nitrogens is 3. The van der Waals surface area contributed by atoms with Gasteiger partial charge >= 0.3 is 0 Å². The second-order valence-electron chi connectivity index (χ2n) is 11.2. The van der Waals surface area contributed by atoms with E-state index in [4.69, 9.17) is 5.11 Å². The second kappa shape index (κ2) is 11.8. The zero-order valence-corrected chi connectivity index (χ0v) is 23.8. The highest BCUT2D eigenvalue weighted by molar-refractivity contribution is 8.02. The van der Waals surface area contributed by atoms with Crippen LogP contribution >= 0.6 is 11.8 Å². The fourth-order valence-electron chi connectivity index (χ4n) is 6.93. The Labute approximate surface area is 243 Å². The first-order valence-electron chi connectivity index (χ1n) is 14.5. The molecule has 0 aliphatic carbocycles. The molecule has 6 rings (SSSR count). The van der Waals surface area contributed by atoms with Crippen molar-refractivity contribution in [2.24, 2.45) is 11.8 Å². The summed E-state index contributed by atoms with van der Waals surface area (Å²) in [5, 5.41) is 23.6. The third-order valence-corrected chi connectivity index (χ3v) is 10.7. The monoisotopic (exact) mass is 576 g/mol. The molecule has 3 saturated heterocycles. The summed E-state index contributed by atoms with van der Waals surface area (Å²) in [6.07, 6.45) is 4.72. The van der Waals surface area contributed by atoms with Gasteiger partial charge in [-0.1, -0.05) is 60.5 Å². The fraction of sp³-hybridized carbons (Fsp3) is 0.500. The van der Waals surface area contributed by atoms with Crippen LogP contribution in [0.1, 0.15) is 44.1 Å². The van der Waals surface area contributed by atoms with Gasteiger partial charge in [0.2, 0.25) is 17.7 Å². The molecule has 3 aliphatic rings. The molecule has 1 spiro atoms. The lowest BCUT2D eigenvalue weighted by atomic mass is 9.70. The summed E-state index contributed by atoms with van der Waals surface area (Å²) in [5.74, 6) is -1.40. The molecule has 10 nitrogen and oxygen atoms in total. The van der Waals surface area contributed by atoms with E-state index < -0.39 is 22.6 Å². The highest BCUT2D eigenvalue weighted by Crippen LogP contribution is 2.66. The van der Waals surface area contributed by atoms with Crippen molar-refractivity contribution >= 4 is 40.5 Å². The van der Waals surface area contributed by atoms with Gasteiger partial charge in [0, 0.05) is 24.9 Å². The number of nitrogens with zero attached hydrogens (tertiary/aromatic N) is 4. The summed E-state index contributed by atoms with van der Waals surface area (Å²) >= 11 is 1.67. The van der Waals surface area contributed by atoms with E-state index in [2.05, 4.69) is 20.9 Å². The Kier molecular flexibility index (Phi) is 7.99. The van der Waals surface area contributed by atoms with Gasteiger partial charge in [0.15, 0.2) is 0 Å². The number of likely N-dealkylation sites (tertiary alicyclic amines) is 1. The van der Waals surface area contributed by atoms with Gasteiger partial charge in [-0.15, -0.1) is 16.9 Å². The molecule has 3 N–H and O–H groups in total. The van der Waals surface area contributed by atoms with Gasteiger partial charge in [-0.05, 0) is 43.4 Å². The number of amides is 3. The third-order valence-electron chi connectivity index (χ3n) is 8.79. The molecular formula is C30H36N6O4S. The molecule has 0 radical (unpaired) electrons. The largest absolute Gasteiger partial charge is 0.396 e. The van der Waals surface area contributed by atoms with Crippen molar-refractivity contribution in [3.8, 4) is 0 Å². The minimum absolute atomic E-state index is 0.0148. The van der Waals surface area contributed by atoms with E-state index in [1.807, 2.05) is 54.6 Å². The number of hydrogen-bond acceptors (Lipinski definition) is 7. The molecule has 2 aromatic carbocycles. The predicted molar refractivity (Wildman–Crippen MR) is 155 cm³/mol. The average molecular weight is 577 g/mol. The molecule has 4 heterocycles. The lowest BCUT2D eigenvalue weighted by molar-refractivity contribution is -0.140. The molecular weight excluding hydrogens is 540 g/mol. The number of hydrogen-bond donors (Lipinski definition) is 3. The molecule has 1 aromatic heterocycles. The number of nitrogens with one attached hydrogen (secondary N) is 2. The van der Waals surface area contributed by atoms with Gasteiger partial charge in [0.05, 0.1) is 22.1 Å². The first-order valence-corrected chi connectivity index (χ1v) is 15.4. The molecule has 2 bridgehead atoms. The normalized spacial score (nSPS) is 26.5. The Hall–Kier alpha value is -3.44. The molecule has 41 heavy (non-hydrogen) atoms. The van der Waals surface area contributed by atoms with E-state index in [-0.39, 0.29) is 36.2 Å². The maximum Gasteiger partial charge on any atom is 0.245 e. The number of aliphatic hydroxyl groups is 1. The van der Waals surface area contributed by atoms with Crippen molar-refractivity contribution in [2.45, 2.75) is 67.8 Å². The lowest BCUT2D eigenvalue weighted by Crippen LogP contribution is -2.54. The minimum Gasteiger partial charge on any atom is -0.396 e. The standard InChI is InChI=1S/C30H36N6O4S/c37-17-9-2-1-8-16-35-26(28(39)32-19-36-22-13-7-6-12-21(22)33-34-36)30-15-14-23(41-30)24(25(30)29(35)40)27(38)31-18-20-10-4-3-5-11-20/h3-7,10-13,23-26,37H,1-2,8-9,14-19H2,(H,31,38)(H,32,39)/t23-,24+,25+,26?,30?/m1/s1. The smallest absolute Gasteiger partial charge is 0.245 e. The van der Waals surface area contributed by atoms with Crippen molar-refractivity contribution < 1.29 is 19.5 Å². The number of para-hydroxylation sites is 1. The molecule has 5 atom stereocenters. The highest BCUT2D eigenvalue weighted by Gasteiger charge is 2.73. The summed E-state index contributed by atoms with van der Waals surface area (Å²) in [4.78, 5) is 43.4. The Morgan fingerprint density at radius 3 is 2.61 bits per heavy atom. The van der Waals surface area contributed by atoms with E-state index in [0.29, 0.717) is 13.1 Å². The quantitative estimate of drug-likeness (QED) is 0.283. The SMILES string of the molecule is O=C(NCn1nnc2ccccc21)C1N(CCCCCCO)C(=O)[C@@H]2[C@@H](C(=O)NCc3ccccc3)[C@H]3CCC12S3. The topological polar surface area (TPSA) is 129 Å². The van der Waals surface area contributed by atoms with Crippen LogP contribution in [0.5, 0.6) is 0 Å². The van der Waals surface area contributed by atoms with Gasteiger partial charge in [-0.2, -0.15) is 0 Å². The van der Waals surface area contributed by atoms with E-state index in [1.165, 1.54) is 0 Å². The van der Waals surface area contributed by atoms with E-state index in [9.17, 15) is 14.4 Å². The maximum absolute atomic E-state index is 14.1. The van der Waals surface area contributed by atoms with E-state index >= 15 is 0 Å². The Bertz CT molecular complexity index is 1420. The maximum atomic E-state index is 14.1. The van der Waals surface area contributed by atoms with Gasteiger partial charge in [-0.3, -0.25) is 14.4 Å². The van der Waals surface area contributed by atoms with Crippen LogP contribution < -0.4 is 10.6 Å². The minimum atomic E-state index is -0.658. The second-order valence-corrected chi connectivity index (χ2v) is 12.8. The Balaban J connectivity index is 1.22. The third kappa shape index (κ3) is 5.10. The average Bonchev–Trinajstić information content (AvgIpc) is 3.74. The number of rotatable bonds is 12. The van der Waals surface area contributed by atoms with E-state index in [0.717, 1.165) is 55.1 Å². The zero-order chi connectivity index (χ0) is 28.4. The number of thioether (sulfide) groups is 1. The number of carbonyl (C=O) groups is 3. The van der Waals surface area contributed by atoms with Crippen molar-refractivity contribution in [1.82, 2.24) is 30.5 Å². The highest BCUT2D eigenvalue weighted by atomic mass is 32.2. The number of aliphatic hydroxyl groups excluding tert-OH is 1. The van der Waals surface area contributed by atoms with Crippen molar-refractivity contribution in [2.75, 3.05) is 13.2 Å². The van der Waals surface area contributed by atoms with Crippen LogP contribution in [0.25, 0.3) is 11.0 Å². The molecule has 0 saturated carbocycles. The number of carbonyl (C=O) groups excluding carboxylic acids is 3. The van der Waals surface area contributed by atoms with Gasteiger partial charge in [0.1, 0.15) is 18.2 Å². The fourth-order valence-corrected chi connectivity index (χ4v) is 9.15. The number of fused-ring (bicyclic) bond motifs is 2. The molecule has 3 aromatic rings. The number of benzene rings is 2. The van der Waals surface area contributed by atoms with Crippen molar-refractivity contribution in [3.05, 3.63) is 60.2 Å². The Morgan fingerprint density at radius 1 is 1.00 bits per heavy atom. The first kappa shape index (κ1) is 27.7. The van der Waals surface area contributed by atoms with E-state index in [1.54, 1.807) is 21.3 Å². The van der Waals surface area contributed by atoms with Gasteiger partial charge in [0.25, 0.3) is 0 Å². The van der Waals surface area contributed by atoms with Crippen molar-refractivity contribution in [1.29, 1.82) is 0 Å².